The van der Waals surface area contributed by atoms with Crippen molar-refractivity contribution in [3.8, 4) is 5.75 Å². The number of fused-ring (bicyclic) bond motifs is 1. The molecular formula is C26H25ClN6O2S. The van der Waals surface area contributed by atoms with Gasteiger partial charge in [-0.1, -0.05) is 59.8 Å². The molecule has 0 aliphatic heterocycles. The Labute approximate surface area is 218 Å². The number of phenols is 1. The molecule has 0 spiro atoms. The molecule has 0 saturated heterocycles. The predicted molar refractivity (Wildman–Crippen MR) is 146 cm³/mol. The molecule has 0 unspecified atom stereocenters. The van der Waals surface area contributed by atoms with Crippen LogP contribution < -0.4 is 10.7 Å². The van der Waals surface area contributed by atoms with Crippen molar-refractivity contribution in [2.45, 2.75) is 30.4 Å². The molecule has 0 bridgehead atoms. The molecule has 0 fully saturated rings. The Balaban J connectivity index is 1.40. The van der Waals surface area contributed by atoms with Crippen LogP contribution in [0.4, 0.5) is 5.69 Å². The smallest absolute Gasteiger partial charge is 0.253 e. The maximum Gasteiger partial charge on any atom is 0.253 e. The topological polar surface area (TPSA) is 104 Å². The lowest BCUT2D eigenvalue weighted by atomic mass is 10.0. The van der Waals surface area contributed by atoms with Gasteiger partial charge in [-0.05, 0) is 48.0 Å². The molecule has 36 heavy (non-hydrogen) atoms. The number of amides is 1. The third-order valence-corrected chi connectivity index (χ3v) is 6.70. The van der Waals surface area contributed by atoms with Crippen molar-refractivity contribution >= 4 is 51.9 Å². The minimum atomic E-state index is -0.492. The minimum absolute atomic E-state index is 0.0892. The lowest BCUT2D eigenvalue weighted by Crippen LogP contribution is -2.27. The summed E-state index contributed by atoms with van der Waals surface area (Å²) in [5.74, 6) is 0.501. The van der Waals surface area contributed by atoms with Crippen LogP contribution in [0, 0.1) is 0 Å². The summed E-state index contributed by atoms with van der Waals surface area (Å²) in [6, 6.07) is 18.5. The van der Waals surface area contributed by atoms with E-state index >= 15 is 0 Å². The average Bonchev–Trinajstić information content (AvgIpc) is 3.26. The maximum atomic E-state index is 12.7. The standard InChI is InChI=1S/C26H25ClN6O2S/c1-3-14-33-24(16-28-20-11-9-19(27)10-12-20)30-32-26(33)36-17(2)25(35)31-29-15-22-21-7-5-4-6-18(21)8-13-23(22)34/h3-13,15,17,28,34H,1,14,16H2,2H3,(H,31,35)/t17-/m1/s1. The highest BCUT2D eigenvalue weighted by molar-refractivity contribution is 8.00. The van der Waals surface area contributed by atoms with Crippen LogP contribution in [0.3, 0.4) is 0 Å². The number of anilines is 1. The largest absolute Gasteiger partial charge is 0.507 e. The summed E-state index contributed by atoms with van der Waals surface area (Å²) in [4.78, 5) is 12.7. The molecule has 4 aromatic rings. The zero-order chi connectivity index (χ0) is 25.5. The Morgan fingerprint density at radius 2 is 1.97 bits per heavy atom. The van der Waals surface area contributed by atoms with Crippen LogP contribution in [-0.4, -0.2) is 37.2 Å². The van der Waals surface area contributed by atoms with E-state index in [-0.39, 0.29) is 11.7 Å². The number of nitrogens with one attached hydrogen (secondary N) is 2. The number of allylic oxidation sites excluding steroid dienone is 1. The van der Waals surface area contributed by atoms with Gasteiger partial charge in [-0.3, -0.25) is 4.79 Å². The van der Waals surface area contributed by atoms with Crippen LogP contribution in [-0.2, 0) is 17.9 Å². The predicted octanol–water partition coefficient (Wildman–Crippen LogP) is 5.22. The summed E-state index contributed by atoms with van der Waals surface area (Å²) in [5, 5.41) is 28.8. The molecule has 8 nitrogen and oxygen atoms in total. The number of aromatic nitrogens is 3. The van der Waals surface area contributed by atoms with E-state index < -0.39 is 5.25 Å². The summed E-state index contributed by atoms with van der Waals surface area (Å²) < 4.78 is 1.90. The fraction of sp³-hybridized carbons (Fsp3) is 0.154. The lowest BCUT2D eigenvalue weighted by Gasteiger charge is -2.12. The first kappa shape index (κ1) is 25.3. The third kappa shape index (κ3) is 6.05. The number of halogens is 1. The first-order valence-corrected chi connectivity index (χ1v) is 12.4. The molecular weight excluding hydrogens is 496 g/mol. The Morgan fingerprint density at radius 1 is 1.19 bits per heavy atom. The molecule has 3 N–H and O–H groups in total. The quantitative estimate of drug-likeness (QED) is 0.115. The Hall–Kier alpha value is -3.82. The molecule has 4 rings (SSSR count). The number of thioether (sulfide) groups is 1. The van der Waals surface area contributed by atoms with Gasteiger partial charge in [-0.25, -0.2) is 5.43 Å². The average molecular weight is 521 g/mol. The zero-order valence-electron chi connectivity index (χ0n) is 19.6. The Kier molecular flexibility index (Phi) is 8.24. The van der Waals surface area contributed by atoms with Crippen LogP contribution in [0.2, 0.25) is 5.02 Å². The highest BCUT2D eigenvalue weighted by atomic mass is 35.5. The summed E-state index contributed by atoms with van der Waals surface area (Å²) in [6.07, 6.45) is 3.21. The van der Waals surface area contributed by atoms with E-state index in [2.05, 4.69) is 32.6 Å². The van der Waals surface area contributed by atoms with Crippen molar-refractivity contribution in [1.29, 1.82) is 0 Å². The van der Waals surface area contributed by atoms with Gasteiger partial charge in [0.05, 0.1) is 18.0 Å². The molecule has 184 valence electrons. The summed E-state index contributed by atoms with van der Waals surface area (Å²) in [5.41, 5.74) is 4.00. The van der Waals surface area contributed by atoms with Gasteiger partial charge in [0, 0.05) is 22.8 Å². The van der Waals surface area contributed by atoms with Crippen LogP contribution >= 0.6 is 23.4 Å². The van der Waals surface area contributed by atoms with E-state index in [1.807, 2.05) is 59.2 Å². The summed E-state index contributed by atoms with van der Waals surface area (Å²) >= 11 is 7.22. The number of carbonyl (C=O) groups excluding carboxylic acids is 1. The van der Waals surface area contributed by atoms with Crippen molar-refractivity contribution in [2.75, 3.05) is 5.32 Å². The number of phenolic OH excluding ortho intramolecular Hbond substituents is 1. The Bertz CT molecular complexity index is 1400. The number of aromatic hydroxyl groups is 1. The highest BCUT2D eigenvalue weighted by Gasteiger charge is 2.19. The normalized spacial score (nSPS) is 12.1. The molecule has 0 radical (unpaired) electrons. The van der Waals surface area contributed by atoms with Crippen molar-refractivity contribution in [1.82, 2.24) is 20.2 Å². The summed E-state index contributed by atoms with van der Waals surface area (Å²) in [6.45, 7) is 6.53. The van der Waals surface area contributed by atoms with Crippen LogP contribution in [0.25, 0.3) is 10.8 Å². The molecule has 0 aliphatic rings. The van der Waals surface area contributed by atoms with E-state index in [9.17, 15) is 9.90 Å². The number of carbonyl (C=O) groups is 1. The van der Waals surface area contributed by atoms with Crippen LogP contribution in [0.1, 0.15) is 18.3 Å². The van der Waals surface area contributed by atoms with E-state index in [1.165, 1.54) is 18.0 Å². The summed E-state index contributed by atoms with van der Waals surface area (Å²) in [7, 11) is 0. The van der Waals surface area contributed by atoms with Gasteiger partial charge in [0.15, 0.2) is 11.0 Å². The monoisotopic (exact) mass is 520 g/mol. The molecule has 3 aromatic carbocycles. The first-order valence-electron chi connectivity index (χ1n) is 11.2. The van der Waals surface area contributed by atoms with E-state index in [0.29, 0.717) is 34.7 Å². The highest BCUT2D eigenvalue weighted by Crippen LogP contribution is 2.26. The SMILES string of the molecule is C=CCn1c(CNc2ccc(Cl)cc2)nnc1S[C@H](C)C(=O)NN=Cc1c(O)ccc2ccccc12. The van der Waals surface area contributed by atoms with Gasteiger partial charge in [0.2, 0.25) is 0 Å². The molecule has 1 aromatic heterocycles. The van der Waals surface area contributed by atoms with Gasteiger partial charge in [-0.2, -0.15) is 5.10 Å². The van der Waals surface area contributed by atoms with Crippen molar-refractivity contribution < 1.29 is 9.90 Å². The van der Waals surface area contributed by atoms with Crippen LogP contribution in [0.5, 0.6) is 5.75 Å². The lowest BCUT2D eigenvalue weighted by molar-refractivity contribution is -0.120. The van der Waals surface area contributed by atoms with E-state index in [4.69, 9.17) is 11.6 Å². The maximum absolute atomic E-state index is 12.7. The number of rotatable bonds is 10. The molecule has 1 amide bonds. The van der Waals surface area contributed by atoms with Gasteiger partial charge in [0.1, 0.15) is 5.75 Å². The first-order chi connectivity index (χ1) is 17.5. The van der Waals surface area contributed by atoms with Crippen molar-refractivity contribution in [3.05, 3.63) is 89.7 Å². The number of hydrazone groups is 1. The van der Waals surface area contributed by atoms with E-state index in [1.54, 1.807) is 19.1 Å². The number of hydrogen-bond acceptors (Lipinski definition) is 7. The van der Waals surface area contributed by atoms with Gasteiger partial charge in [-0.15, -0.1) is 16.8 Å². The Morgan fingerprint density at radius 3 is 2.75 bits per heavy atom. The molecule has 1 heterocycles. The minimum Gasteiger partial charge on any atom is -0.507 e. The second-order valence-corrected chi connectivity index (χ2v) is 9.62. The van der Waals surface area contributed by atoms with Gasteiger partial charge >= 0.3 is 0 Å². The van der Waals surface area contributed by atoms with Gasteiger partial charge in [0.25, 0.3) is 5.91 Å². The fourth-order valence-electron chi connectivity index (χ4n) is 3.48. The second-order valence-electron chi connectivity index (χ2n) is 7.87. The van der Waals surface area contributed by atoms with Crippen LogP contribution in [0.15, 0.2) is 83.6 Å². The molecule has 1 atom stereocenters. The molecule has 0 saturated carbocycles. The third-order valence-electron chi connectivity index (χ3n) is 5.37. The van der Waals surface area contributed by atoms with Crippen molar-refractivity contribution in [2.24, 2.45) is 5.10 Å². The fourth-order valence-corrected chi connectivity index (χ4v) is 4.48. The van der Waals surface area contributed by atoms with E-state index in [0.717, 1.165) is 16.5 Å². The number of nitrogens with zero attached hydrogens (tertiary/aromatic N) is 4. The molecule has 0 aliphatic carbocycles. The number of benzene rings is 3. The van der Waals surface area contributed by atoms with Crippen molar-refractivity contribution in [3.63, 3.8) is 0 Å². The second kappa shape index (κ2) is 11.7. The number of hydrogen-bond donors (Lipinski definition) is 3. The van der Waals surface area contributed by atoms with Gasteiger partial charge < -0.3 is 15.0 Å². The zero-order valence-corrected chi connectivity index (χ0v) is 21.1. The molecule has 10 heteroatoms.